The Balaban J connectivity index is 1.69. The van der Waals surface area contributed by atoms with Gasteiger partial charge in [0.15, 0.2) is 0 Å². The number of likely N-dealkylation sites (N-methyl/N-ethyl adjacent to an activating group) is 1. The van der Waals surface area contributed by atoms with Crippen LogP contribution >= 0.6 is 0 Å². The van der Waals surface area contributed by atoms with E-state index in [9.17, 15) is 9.18 Å². The Morgan fingerprint density at radius 2 is 1.93 bits per heavy atom. The molecule has 6 heteroatoms. The molecule has 28 heavy (non-hydrogen) atoms. The van der Waals surface area contributed by atoms with Crippen LogP contribution in [-0.4, -0.2) is 50.1 Å². The Hall–Kier alpha value is -2.60. The molecule has 1 fully saturated rings. The van der Waals surface area contributed by atoms with Crippen molar-refractivity contribution in [1.29, 1.82) is 0 Å². The fourth-order valence-corrected chi connectivity index (χ4v) is 3.71. The molecule has 0 N–H and O–H groups in total. The van der Waals surface area contributed by atoms with Crippen molar-refractivity contribution >= 4 is 5.91 Å². The van der Waals surface area contributed by atoms with Gasteiger partial charge in [-0.3, -0.25) is 9.69 Å². The van der Waals surface area contributed by atoms with Crippen LogP contribution in [-0.2, 0) is 11.3 Å². The third kappa shape index (κ3) is 4.62. The van der Waals surface area contributed by atoms with Crippen molar-refractivity contribution in [2.45, 2.75) is 25.4 Å². The van der Waals surface area contributed by atoms with E-state index in [2.05, 4.69) is 4.90 Å². The first kappa shape index (κ1) is 20.1. The monoisotopic (exact) mass is 386 g/mol. The maximum absolute atomic E-state index is 13.1. The molecule has 0 unspecified atom stereocenters. The van der Waals surface area contributed by atoms with Crippen LogP contribution in [0.1, 0.15) is 30.0 Å². The Labute approximate surface area is 165 Å². The molecule has 0 bridgehead atoms. The number of rotatable bonds is 7. The molecule has 0 aliphatic carbocycles. The highest BCUT2D eigenvalue weighted by Crippen LogP contribution is 2.38. The molecule has 0 saturated carbocycles. The number of carbonyl (C=O) groups is 1. The van der Waals surface area contributed by atoms with Gasteiger partial charge in [-0.15, -0.1) is 0 Å². The van der Waals surface area contributed by atoms with Gasteiger partial charge in [0.25, 0.3) is 0 Å². The summed E-state index contributed by atoms with van der Waals surface area (Å²) in [6.45, 7) is 1.66. The Kier molecular flexibility index (Phi) is 6.52. The molecule has 1 atom stereocenters. The van der Waals surface area contributed by atoms with E-state index in [1.807, 2.05) is 18.2 Å². The molecule has 1 aliphatic rings. The quantitative estimate of drug-likeness (QED) is 0.729. The fourth-order valence-electron chi connectivity index (χ4n) is 3.71. The minimum Gasteiger partial charge on any atom is -0.497 e. The van der Waals surface area contributed by atoms with Crippen molar-refractivity contribution in [1.82, 2.24) is 9.80 Å². The summed E-state index contributed by atoms with van der Waals surface area (Å²) in [6, 6.07) is 12.1. The van der Waals surface area contributed by atoms with Crippen molar-refractivity contribution in [3.8, 4) is 11.5 Å². The average molecular weight is 386 g/mol. The van der Waals surface area contributed by atoms with Gasteiger partial charge in [-0.2, -0.15) is 0 Å². The van der Waals surface area contributed by atoms with Gasteiger partial charge in [-0.25, -0.2) is 4.39 Å². The highest BCUT2D eigenvalue weighted by molar-refractivity contribution is 5.78. The number of benzene rings is 2. The highest BCUT2D eigenvalue weighted by atomic mass is 19.1. The Morgan fingerprint density at radius 1 is 1.18 bits per heavy atom. The largest absolute Gasteiger partial charge is 0.497 e. The normalized spacial score (nSPS) is 16.8. The minimum absolute atomic E-state index is 0.0399. The first-order chi connectivity index (χ1) is 13.5. The van der Waals surface area contributed by atoms with E-state index in [-0.39, 0.29) is 17.8 Å². The van der Waals surface area contributed by atoms with Crippen molar-refractivity contribution in [3.63, 3.8) is 0 Å². The molecule has 1 heterocycles. The lowest BCUT2D eigenvalue weighted by Crippen LogP contribution is -2.37. The number of amides is 1. The standard InChI is InChI=1S/C22H27FN2O3/c1-24(14-16-6-8-17(23)9-7-16)22(26)15-25-12-4-5-20(25)19-13-18(27-2)10-11-21(19)28-3/h6-11,13,20H,4-5,12,14-15H2,1-3H3/t20-/m1/s1. The average Bonchev–Trinajstić information content (AvgIpc) is 3.17. The summed E-state index contributed by atoms with van der Waals surface area (Å²) in [4.78, 5) is 16.7. The lowest BCUT2D eigenvalue weighted by Gasteiger charge is -2.28. The fraction of sp³-hybridized carbons (Fsp3) is 0.409. The van der Waals surface area contributed by atoms with Gasteiger partial charge in [-0.1, -0.05) is 12.1 Å². The number of halogens is 1. The van der Waals surface area contributed by atoms with E-state index in [1.54, 1.807) is 38.3 Å². The number of carbonyl (C=O) groups excluding carboxylic acids is 1. The van der Waals surface area contributed by atoms with Gasteiger partial charge in [-0.05, 0) is 55.3 Å². The Morgan fingerprint density at radius 3 is 2.61 bits per heavy atom. The SMILES string of the molecule is COc1ccc(OC)c([C@H]2CCCN2CC(=O)N(C)Cc2ccc(F)cc2)c1. The maximum atomic E-state index is 13.1. The molecule has 1 aliphatic heterocycles. The van der Waals surface area contributed by atoms with Crippen LogP contribution in [0, 0.1) is 5.82 Å². The molecule has 2 aromatic carbocycles. The van der Waals surface area contributed by atoms with Gasteiger partial charge in [0.1, 0.15) is 17.3 Å². The van der Waals surface area contributed by atoms with E-state index in [4.69, 9.17) is 9.47 Å². The minimum atomic E-state index is -0.273. The summed E-state index contributed by atoms with van der Waals surface area (Å²) in [5.41, 5.74) is 1.96. The topological polar surface area (TPSA) is 42.0 Å². The molecule has 2 aromatic rings. The van der Waals surface area contributed by atoms with Gasteiger partial charge >= 0.3 is 0 Å². The zero-order valence-corrected chi connectivity index (χ0v) is 16.7. The lowest BCUT2D eigenvalue weighted by molar-refractivity contribution is -0.131. The van der Waals surface area contributed by atoms with Crippen LogP contribution in [0.25, 0.3) is 0 Å². The maximum Gasteiger partial charge on any atom is 0.236 e. The molecule has 1 amide bonds. The van der Waals surface area contributed by atoms with Crippen LogP contribution < -0.4 is 9.47 Å². The van der Waals surface area contributed by atoms with Crippen LogP contribution in [0.2, 0.25) is 0 Å². The highest BCUT2D eigenvalue weighted by Gasteiger charge is 2.30. The predicted octanol–water partition coefficient (Wildman–Crippen LogP) is 3.64. The third-order valence-corrected chi connectivity index (χ3v) is 5.26. The summed E-state index contributed by atoms with van der Waals surface area (Å²) in [5, 5.41) is 0. The second-order valence-electron chi connectivity index (χ2n) is 7.11. The number of hydrogen-bond donors (Lipinski definition) is 0. The number of hydrogen-bond acceptors (Lipinski definition) is 4. The van der Waals surface area contributed by atoms with Crippen molar-refractivity contribution in [3.05, 3.63) is 59.4 Å². The zero-order chi connectivity index (χ0) is 20.1. The van der Waals surface area contributed by atoms with Crippen molar-refractivity contribution in [2.75, 3.05) is 34.4 Å². The van der Waals surface area contributed by atoms with Crippen LogP contribution in [0.3, 0.4) is 0 Å². The molecule has 3 rings (SSSR count). The molecule has 0 aromatic heterocycles. The van der Waals surface area contributed by atoms with Gasteiger partial charge < -0.3 is 14.4 Å². The van der Waals surface area contributed by atoms with Crippen LogP contribution in [0.4, 0.5) is 4.39 Å². The van der Waals surface area contributed by atoms with Gasteiger partial charge in [0, 0.05) is 25.2 Å². The second-order valence-corrected chi connectivity index (χ2v) is 7.11. The van der Waals surface area contributed by atoms with Crippen molar-refractivity contribution < 1.29 is 18.7 Å². The first-order valence-electron chi connectivity index (χ1n) is 9.46. The summed E-state index contributed by atoms with van der Waals surface area (Å²) in [6.07, 6.45) is 2.00. The molecule has 150 valence electrons. The van der Waals surface area contributed by atoms with Crippen molar-refractivity contribution in [2.24, 2.45) is 0 Å². The summed E-state index contributed by atoms with van der Waals surface area (Å²) in [5.74, 6) is 1.36. The number of nitrogens with zero attached hydrogens (tertiary/aromatic N) is 2. The molecular weight excluding hydrogens is 359 g/mol. The molecular formula is C22H27FN2O3. The summed E-state index contributed by atoms with van der Waals surface area (Å²) >= 11 is 0. The van der Waals surface area contributed by atoms with E-state index in [1.165, 1.54) is 12.1 Å². The lowest BCUT2D eigenvalue weighted by atomic mass is 10.0. The summed E-state index contributed by atoms with van der Waals surface area (Å²) < 4.78 is 24.0. The molecule has 0 radical (unpaired) electrons. The van der Waals surface area contributed by atoms with E-state index in [0.717, 1.165) is 42.0 Å². The number of ether oxygens (including phenoxy) is 2. The second kappa shape index (κ2) is 9.06. The van der Waals surface area contributed by atoms with Crippen LogP contribution in [0.5, 0.6) is 11.5 Å². The van der Waals surface area contributed by atoms with E-state index < -0.39 is 0 Å². The molecule has 1 saturated heterocycles. The number of methoxy groups -OCH3 is 2. The molecule has 5 nitrogen and oxygen atoms in total. The summed E-state index contributed by atoms with van der Waals surface area (Å²) in [7, 11) is 5.08. The predicted molar refractivity (Wildman–Crippen MR) is 106 cm³/mol. The van der Waals surface area contributed by atoms with Crippen LogP contribution in [0.15, 0.2) is 42.5 Å². The Bertz CT molecular complexity index is 810. The number of likely N-dealkylation sites (tertiary alicyclic amines) is 1. The first-order valence-corrected chi connectivity index (χ1v) is 9.46. The van der Waals surface area contributed by atoms with Gasteiger partial charge in [0.05, 0.1) is 20.8 Å². The van der Waals surface area contributed by atoms with Gasteiger partial charge in [0.2, 0.25) is 5.91 Å². The smallest absolute Gasteiger partial charge is 0.236 e. The van der Waals surface area contributed by atoms with E-state index in [0.29, 0.717) is 13.1 Å². The molecule has 0 spiro atoms. The third-order valence-electron chi connectivity index (χ3n) is 5.26. The zero-order valence-electron chi connectivity index (χ0n) is 16.7. The van der Waals surface area contributed by atoms with E-state index >= 15 is 0 Å².